The molecule has 31 heavy (non-hydrogen) atoms. The molecule has 0 bridgehead atoms. The Morgan fingerprint density at radius 1 is 1.06 bits per heavy atom. The second kappa shape index (κ2) is 8.23. The standard InChI is InChI=1S/C23H18N2O5S/c26-22-12-31-21-7-4-15(9-18(21)25-22)23(27)24-16-3-1-2-14(8-16)11-28-17-5-6-19-20(10-17)30-13-29-19/h1-10H,11-13H2,(H,24,27)(H,25,26). The van der Waals surface area contributed by atoms with Crippen LogP contribution < -0.4 is 24.8 Å². The van der Waals surface area contributed by atoms with E-state index in [2.05, 4.69) is 10.6 Å². The Bertz CT molecular complexity index is 1180. The summed E-state index contributed by atoms with van der Waals surface area (Å²) in [4.78, 5) is 25.2. The van der Waals surface area contributed by atoms with Gasteiger partial charge in [0.2, 0.25) is 12.7 Å². The Morgan fingerprint density at radius 3 is 2.90 bits per heavy atom. The van der Waals surface area contributed by atoms with Gasteiger partial charge in [-0.25, -0.2) is 0 Å². The SMILES string of the molecule is O=C1CSc2ccc(C(=O)Nc3cccc(COc4ccc5c(c4)OCO5)c3)cc2N1. The lowest BCUT2D eigenvalue weighted by Crippen LogP contribution is -2.20. The third-order valence-corrected chi connectivity index (χ3v) is 5.88. The summed E-state index contributed by atoms with van der Waals surface area (Å²) in [6.45, 7) is 0.557. The van der Waals surface area contributed by atoms with E-state index in [9.17, 15) is 9.59 Å². The average molecular weight is 434 g/mol. The highest BCUT2D eigenvalue weighted by atomic mass is 32.2. The number of amides is 2. The number of ether oxygens (including phenoxy) is 3. The number of anilines is 2. The summed E-state index contributed by atoms with van der Waals surface area (Å²) >= 11 is 1.46. The Labute approximate surface area is 182 Å². The van der Waals surface area contributed by atoms with E-state index in [0.29, 0.717) is 46.5 Å². The topological polar surface area (TPSA) is 85.9 Å². The third-order valence-electron chi connectivity index (χ3n) is 4.81. The molecule has 8 heteroatoms. The highest BCUT2D eigenvalue weighted by Crippen LogP contribution is 2.35. The predicted molar refractivity (Wildman–Crippen MR) is 117 cm³/mol. The molecule has 0 saturated heterocycles. The van der Waals surface area contributed by atoms with E-state index in [-0.39, 0.29) is 18.6 Å². The molecule has 2 amide bonds. The van der Waals surface area contributed by atoms with Crippen molar-refractivity contribution in [2.24, 2.45) is 0 Å². The van der Waals surface area contributed by atoms with E-state index in [4.69, 9.17) is 14.2 Å². The number of thioether (sulfide) groups is 1. The van der Waals surface area contributed by atoms with Crippen molar-refractivity contribution in [3.8, 4) is 17.2 Å². The van der Waals surface area contributed by atoms with Crippen molar-refractivity contribution < 1.29 is 23.8 Å². The number of hydrogen-bond acceptors (Lipinski definition) is 6. The molecule has 0 fully saturated rings. The van der Waals surface area contributed by atoms with Gasteiger partial charge < -0.3 is 24.8 Å². The number of rotatable bonds is 5. The zero-order chi connectivity index (χ0) is 21.2. The van der Waals surface area contributed by atoms with Gasteiger partial charge in [0.25, 0.3) is 5.91 Å². The van der Waals surface area contributed by atoms with Gasteiger partial charge in [-0.1, -0.05) is 12.1 Å². The smallest absolute Gasteiger partial charge is 0.255 e. The van der Waals surface area contributed by atoms with Crippen LogP contribution in [-0.4, -0.2) is 24.4 Å². The van der Waals surface area contributed by atoms with Gasteiger partial charge in [0, 0.05) is 22.2 Å². The Morgan fingerprint density at radius 2 is 1.97 bits per heavy atom. The minimum atomic E-state index is -0.249. The number of benzene rings is 3. The van der Waals surface area contributed by atoms with Gasteiger partial charge in [0.1, 0.15) is 12.4 Å². The number of carbonyl (C=O) groups is 2. The van der Waals surface area contributed by atoms with Crippen LogP contribution in [0.15, 0.2) is 65.6 Å². The first-order valence-corrected chi connectivity index (χ1v) is 10.6. The van der Waals surface area contributed by atoms with Crippen LogP contribution in [0, 0.1) is 0 Å². The Balaban J connectivity index is 1.24. The molecule has 0 aliphatic carbocycles. The summed E-state index contributed by atoms with van der Waals surface area (Å²) in [7, 11) is 0. The lowest BCUT2D eigenvalue weighted by Gasteiger charge is -2.17. The molecule has 0 unspecified atom stereocenters. The van der Waals surface area contributed by atoms with Gasteiger partial charge in [-0.05, 0) is 48.0 Å². The fourth-order valence-corrected chi connectivity index (χ4v) is 4.09. The highest BCUT2D eigenvalue weighted by Gasteiger charge is 2.18. The van der Waals surface area contributed by atoms with E-state index in [0.717, 1.165) is 10.5 Å². The van der Waals surface area contributed by atoms with Crippen molar-refractivity contribution >= 4 is 35.0 Å². The summed E-state index contributed by atoms with van der Waals surface area (Å²) in [5.41, 5.74) is 2.71. The third kappa shape index (κ3) is 4.29. The van der Waals surface area contributed by atoms with Gasteiger partial charge in [-0.15, -0.1) is 11.8 Å². The number of carbonyl (C=O) groups excluding carboxylic acids is 2. The minimum absolute atomic E-state index is 0.0646. The molecule has 2 aliphatic heterocycles. The van der Waals surface area contributed by atoms with E-state index in [1.54, 1.807) is 18.2 Å². The highest BCUT2D eigenvalue weighted by molar-refractivity contribution is 8.00. The zero-order valence-electron chi connectivity index (χ0n) is 16.3. The molecule has 0 aromatic heterocycles. The van der Waals surface area contributed by atoms with Crippen molar-refractivity contribution in [2.45, 2.75) is 11.5 Å². The molecule has 2 heterocycles. The maximum absolute atomic E-state index is 12.7. The van der Waals surface area contributed by atoms with Crippen LogP contribution in [0.5, 0.6) is 17.2 Å². The largest absolute Gasteiger partial charge is 0.489 e. The molecule has 3 aromatic rings. The molecule has 0 spiro atoms. The van der Waals surface area contributed by atoms with E-state index in [1.807, 2.05) is 42.5 Å². The lowest BCUT2D eigenvalue weighted by atomic mass is 10.1. The fourth-order valence-electron chi connectivity index (χ4n) is 3.30. The quantitative estimate of drug-likeness (QED) is 0.623. The molecule has 7 nitrogen and oxygen atoms in total. The summed E-state index contributed by atoms with van der Waals surface area (Å²) < 4.78 is 16.5. The molecule has 2 N–H and O–H groups in total. The maximum Gasteiger partial charge on any atom is 0.255 e. The van der Waals surface area contributed by atoms with Crippen molar-refractivity contribution in [1.82, 2.24) is 0 Å². The fraction of sp³-hybridized carbons (Fsp3) is 0.130. The van der Waals surface area contributed by atoms with Gasteiger partial charge in [0.15, 0.2) is 11.5 Å². The first-order chi connectivity index (χ1) is 15.1. The minimum Gasteiger partial charge on any atom is -0.489 e. The predicted octanol–water partition coefficient (Wildman–Crippen LogP) is 4.29. The Kier molecular flexibility index (Phi) is 5.13. The van der Waals surface area contributed by atoms with Gasteiger partial charge >= 0.3 is 0 Å². The molecule has 156 valence electrons. The van der Waals surface area contributed by atoms with Crippen LogP contribution in [0.2, 0.25) is 0 Å². The number of nitrogens with one attached hydrogen (secondary N) is 2. The average Bonchev–Trinajstić information content (AvgIpc) is 3.25. The molecular weight excluding hydrogens is 416 g/mol. The van der Waals surface area contributed by atoms with Crippen LogP contribution in [0.4, 0.5) is 11.4 Å². The molecule has 3 aromatic carbocycles. The summed E-state index contributed by atoms with van der Waals surface area (Å²) in [6.07, 6.45) is 0. The van der Waals surface area contributed by atoms with Crippen LogP contribution in [0.3, 0.4) is 0 Å². The first kappa shape index (κ1) is 19.3. The van der Waals surface area contributed by atoms with Crippen molar-refractivity contribution in [1.29, 1.82) is 0 Å². The second-order valence-electron chi connectivity index (χ2n) is 7.01. The summed E-state index contributed by atoms with van der Waals surface area (Å²) in [6, 6.07) is 18.2. The van der Waals surface area contributed by atoms with Crippen LogP contribution in [0.25, 0.3) is 0 Å². The van der Waals surface area contributed by atoms with Gasteiger partial charge in [0.05, 0.1) is 11.4 Å². The van der Waals surface area contributed by atoms with E-state index >= 15 is 0 Å². The second-order valence-corrected chi connectivity index (χ2v) is 8.02. The first-order valence-electron chi connectivity index (χ1n) is 9.63. The summed E-state index contributed by atoms with van der Waals surface area (Å²) in [5.74, 6) is 2.12. The number of hydrogen-bond donors (Lipinski definition) is 2. The molecule has 0 atom stereocenters. The molecule has 5 rings (SSSR count). The Hall–Kier alpha value is -3.65. The lowest BCUT2D eigenvalue weighted by molar-refractivity contribution is -0.113. The van der Waals surface area contributed by atoms with E-state index < -0.39 is 0 Å². The van der Waals surface area contributed by atoms with Crippen LogP contribution in [0.1, 0.15) is 15.9 Å². The molecule has 2 aliphatic rings. The molecule has 0 radical (unpaired) electrons. The van der Waals surface area contributed by atoms with Gasteiger partial charge in [-0.2, -0.15) is 0 Å². The van der Waals surface area contributed by atoms with Crippen molar-refractivity contribution in [2.75, 3.05) is 23.2 Å². The normalized spacial score (nSPS) is 13.9. The van der Waals surface area contributed by atoms with Crippen LogP contribution in [-0.2, 0) is 11.4 Å². The molecule has 0 saturated carbocycles. The number of fused-ring (bicyclic) bond motifs is 2. The van der Waals surface area contributed by atoms with E-state index in [1.165, 1.54) is 11.8 Å². The summed E-state index contributed by atoms with van der Waals surface area (Å²) in [5, 5.41) is 5.70. The molecular formula is C23H18N2O5S. The monoisotopic (exact) mass is 434 g/mol. The van der Waals surface area contributed by atoms with Crippen LogP contribution >= 0.6 is 11.8 Å². The van der Waals surface area contributed by atoms with Gasteiger partial charge in [-0.3, -0.25) is 9.59 Å². The zero-order valence-corrected chi connectivity index (χ0v) is 17.2. The van der Waals surface area contributed by atoms with Crippen molar-refractivity contribution in [3.63, 3.8) is 0 Å². The maximum atomic E-state index is 12.7. The van der Waals surface area contributed by atoms with Crippen molar-refractivity contribution in [3.05, 3.63) is 71.8 Å².